The summed E-state index contributed by atoms with van der Waals surface area (Å²) in [6, 6.07) is 5.00. The monoisotopic (exact) mass is 346 g/mol. The van der Waals surface area contributed by atoms with Crippen molar-refractivity contribution in [3.63, 3.8) is 0 Å². The Morgan fingerprint density at radius 1 is 1.29 bits per heavy atom. The van der Waals surface area contributed by atoms with Crippen molar-refractivity contribution in [3.8, 4) is 5.75 Å². The molecule has 0 saturated carbocycles. The van der Waals surface area contributed by atoms with E-state index in [1.54, 1.807) is 0 Å². The molecule has 1 unspecified atom stereocenters. The van der Waals surface area contributed by atoms with E-state index < -0.39 is 12.4 Å². The number of nitrogens with two attached hydrogens (primary N) is 1. The summed E-state index contributed by atoms with van der Waals surface area (Å²) in [7, 11) is 0. The smallest absolute Gasteiger partial charge is 0.406 e. The zero-order valence-electron chi connectivity index (χ0n) is 13.1. The van der Waals surface area contributed by atoms with E-state index in [2.05, 4.69) is 10.1 Å². The molecular formula is C16H21F3N2O3. The van der Waals surface area contributed by atoms with E-state index in [0.717, 1.165) is 18.4 Å². The minimum absolute atomic E-state index is 0.123. The lowest BCUT2D eigenvalue weighted by Crippen LogP contribution is -2.47. The van der Waals surface area contributed by atoms with Gasteiger partial charge in [-0.3, -0.25) is 4.79 Å². The highest BCUT2D eigenvalue weighted by Gasteiger charge is 2.31. The van der Waals surface area contributed by atoms with Crippen LogP contribution in [-0.2, 0) is 16.0 Å². The van der Waals surface area contributed by atoms with Crippen molar-refractivity contribution in [1.82, 2.24) is 5.32 Å². The molecule has 0 bridgehead atoms. The number of alkyl halides is 3. The number of rotatable bonds is 6. The molecule has 0 spiro atoms. The molecule has 2 rings (SSSR count). The van der Waals surface area contributed by atoms with Gasteiger partial charge in [0.25, 0.3) is 0 Å². The van der Waals surface area contributed by atoms with Crippen LogP contribution in [0.25, 0.3) is 0 Å². The van der Waals surface area contributed by atoms with E-state index in [4.69, 9.17) is 10.5 Å². The summed E-state index contributed by atoms with van der Waals surface area (Å²) in [5.41, 5.74) is 6.76. The van der Waals surface area contributed by atoms with E-state index in [9.17, 15) is 18.0 Å². The van der Waals surface area contributed by atoms with Crippen LogP contribution in [0.1, 0.15) is 18.4 Å². The molecular weight excluding hydrogens is 325 g/mol. The lowest BCUT2D eigenvalue weighted by molar-refractivity contribution is -0.274. The fraction of sp³-hybridized carbons (Fsp3) is 0.562. The van der Waals surface area contributed by atoms with Gasteiger partial charge in [-0.2, -0.15) is 0 Å². The lowest BCUT2D eigenvalue weighted by atomic mass is 9.92. The van der Waals surface area contributed by atoms with Crippen LogP contribution in [0.4, 0.5) is 13.2 Å². The van der Waals surface area contributed by atoms with Gasteiger partial charge in [0.2, 0.25) is 5.91 Å². The molecule has 134 valence electrons. The summed E-state index contributed by atoms with van der Waals surface area (Å²) in [6.45, 7) is 1.62. The topological polar surface area (TPSA) is 73.6 Å². The molecule has 0 aliphatic carbocycles. The van der Waals surface area contributed by atoms with Crippen LogP contribution >= 0.6 is 0 Å². The summed E-state index contributed by atoms with van der Waals surface area (Å²) < 4.78 is 45.3. The molecule has 8 heteroatoms. The van der Waals surface area contributed by atoms with Crippen molar-refractivity contribution in [3.05, 3.63) is 29.8 Å². The first-order valence-corrected chi connectivity index (χ1v) is 7.81. The maximum absolute atomic E-state index is 12.1. The minimum Gasteiger partial charge on any atom is -0.406 e. The predicted molar refractivity (Wildman–Crippen MR) is 81.4 cm³/mol. The average molecular weight is 346 g/mol. The predicted octanol–water partition coefficient (Wildman–Crippen LogP) is 2.00. The summed E-state index contributed by atoms with van der Waals surface area (Å²) in [4.78, 5) is 12.0. The first kappa shape index (κ1) is 18.5. The highest BCUT2D eigenvalue weighted by atomic mass is 19.4. The average Bonchev–Trinajstić information content (AvgIpc) is 2.55. The van der Waals surface area contributed by atoms with E-state index in [-0.39, 0.29) is 17.6 Å². The molecule has 1 atom stereocenters. The minimum atomic E-state index is -4.70. The molecule has 24 heavy (non-hydrogen) atoms. The van der Waals surface area contributed by atoms with Crippen LogP contribution in [0.5, 0.6) is 5.75 Å². The summed E-state index contributed by atoms with van der Waals surface area (Å²) in [5.74, 6) is -0.353. The largest absolute Gasteiger partial charge is 0.573 e. The van der Waals surface area contributed by atoms with Gasteiger partial charge >= 0.3 is 6.36 Å². The number of halogens is 3. The highest BCUT2D eigenvalue weighted by Crippen LogP contribution is 2.22. The van der Waals surface area contributed by atoms with Crippen molar-refractivity contribution >= 4 is 5.91 Å². The van der Waals surface area contributed by atoms with Crippen molar-refractivity contribution in [2.24, 2.45) is 11.7 Å². The zero-order valence-corrected chi connectivity index (χ0v) is 13.1. The summed E-state index contributed by atoms with van der Waals surface area (Å²) in [5, 5.41) is 2.77. The van der Waals surface area contributed by atoms with Crippen LogP contribution in [0, 0.1) is 5.92 Å². The van der Waals surface area contributed by atoms with E-state index in [1.165, 1.54) is 24.3 Å². The number of amides is 1. The Morgan fingerprint density at radius 2 is 1.92 bits per heavy atom. The van der Waals surface area contributed by atoms with Gasteiger partial charge in [0.15, 0.2) is 0 Å². The van der Waals surface area contributed by atoms with Gasteiger partial charge in [-0.1, -0.05) is 12.1 Å². The Kier molecular flexibility index (Phi) is 6.44. The second-order valence-corrected chi connectivity index (χ2v) is 5.71. The van der Waals surface area contributed by atoms with Crippen LogP contribution in [0.2, 0.25) is 0 Å². The number of ether oxygens (including phenoxy) is 2. The van der Waals surface area contributed by atoms with Gasteiger partial charge in [-0.25, -0.2) is 0 Å². The number of carbonyl (C=O) groups excluding carboxylic acids is 1. The SMILES string of the molecule is NC(C(=O)NCCc1ccc(OC(F)(F)F)cc1)C1CCOCC1. The van der Waals surface area contributed by atoms with Gasteiger partial charge in [0.05, 0.1) is 6.04 Å². The molecule has 1 aliphatic heterocycles. The molecule has 1 saturated heterocycles. The Bertz CT molecular complexity index is 528. The number of benzene rings is 1. The van der Waals surface area contributed by atoms with E-state index in [0.29, 0.717) is 26.2 Å². The molecule has 1 aromatic rings. The van der Waals surface area contributed by atoms with Gasteiger partial charge in [0, 0.05) is 19.8 Å². The first-order chi connectivity index (χ1) is 11.3. The number of hydrogen-bond acceptors (Lipinski definition) is 4. The molecule has 1 fully saturated rings. The van der Waals surface area contributed by atoms with Crippen LogP contribution in [0.3, 0.4) is 0 Å². The Balaban J connectivity index is 1.74. The third kappa shape index (κ3) is 6.01. The molecule has 0 radical (unpaired) electrons. The summed E-state index contributed by atoms with van der Waals surface area (Å²) >= 11 is 0. The van der Waals surface area contributed by atoms with Gasteiger partial charge in [-0.05, 0) is 42.9 Å². The second-order valence-electron chi connectivity index (χ2n) is 5.71. The fourth-order valence-corrected chi connectivity index (χ4v) is 2.59. The highest BCUT2D eigenvalue weighted by molar-refractivity contribution is 5.81. The lowest BCUT2D eigenvalue weighted by Gasteiger charge is -2.26. The maximum Gasteiger partial charge on any atom is 0.573 e. The van der Waals surface area contributed by atoms with Crippen molar-refractivity contribution in [2.75, 3.05) is 19.8 Å². The van der Waals surface area contributed by atoms with E-state index in [1.807, 2.05) is 0 Å². The third-order valence-electron chi connectivity index (χ3n) is 3.95. The Hall–Kier alpha value is -1.80. The van der Waals surface area contributed by atoms with Crippen molar-refractivity contribution in [1.29, 1.82) is 0 Å². The van der Waals surface area contributed by atoms with Crippen LogP contribution in [-0.4, -0.2) is 38.1 Å². The number of nitrogens with one attached hydrogen (secondary N) is 1. The normalized spacial score (nSPS) is 17.3. The molecule has 1 amide bonds. The molecule has 1 aromatic carbocycles. The molecule has 1 heterocycles. The van der Waals surface area contributed by atoms with Gasteiger partial charge < -0.3 is 20.5 Å². The van der Waals surface area contributed by atoms with Crippen molar-refractivity contribution < 1.29 is 27.4 Å². The standard InChI is InChI=1S/C16H21F3N2O3/c17-16(18,19)24-13-3-1-11(2-4-13)5-8-21-15(22)14(20)12-6-9-23-10-7-12/h1-4,12,14H,5-10,20H2,(H,21,22). The zero-order chi connectivity index (χ0) is 17.6. The molecule has 1 aliphatic rings. The molecule has 0 aromatic heterocycles. The molecule has 5 nitrogen and oxygen atoms in total. The molecule has 3 N–H and O–H groups in total. The number of hydrogen-bond donors (Lipinski definition) is 2. The Labute approximate surface area is 138 Å². The number of carbonyl (C=O) groups is 1. The third-order valence-corrected chi connectivity index (χ3v) is 3.95. The Morgan fingerprint density at radius 3 is 2.50 bits per heavy atom. The first-order valence-electron chi connectivity index (χ1n) is 7.81. The van der Waals surface area contributed by atoms with Gasteiger partial charge in [0.1, 0.15) is 5.75 Å². The maximum atomic E-state index is 12.1. The quantitative estimate of drug-likeness (QED) is 0.826. The van der Waals surface area contributed by atoms with Crippen molar-refractivity contribution in [2.45, 2.75) is 31.7 Å². The summed E-state index contributed by atoms with van der Waals surface area (Å²) in [6.07, 6.45) is -2.65. The van der Waals surface area contributed by atoms with Gasteiger partial charge in [-0.15, -0.1) is 13.2 Å². The fourth-order valence-electron chi connectivity index (χ4n) is 2.59. The second kappa shape index (κ2) is 8.34. The van der Waals surface area contributed by atoms with E-state index >= 15 is 0 Å². The van der Waals surface area contributed by atoms with Crippen LogP contribution < -0.4 is 15.8 Å². The van der Waals surface area contributed by atoms with Crippen LogP contribution in [0.15, 0.2) is 24.3 Å².